The lowest BCUT2D eigenvalue weighted by atomic mass is 10.1. The van der Waals surface area contributed by atoms with Gasteiger partial charge in [0, 0.05) is 51.3 Å². The standard InChI is InChI=1S/C18H27N5O/c1-13-5-4-6-15-17(13)21-16(12-24-3)22-18(15)20-14(2)11-23-9-7-19-8-10-23/h4-6,14,19H,7-12H2,1-3H3,(H,20,21,22)/t14-/m0/s1. The molecule has 2 heterocycles. The minimum absolute atomic E-state index is 0.317. The van der Waals surface area contributed by atoms with Crippen LogP contribution in [-0.2, 0) is 11.3 Å². The predicted octanol–water partition coefficient (Wildman–Crippen LogP) is 1.79. The van der Waals surface area contributed by atoms with Crippen LogP contribution < -0.4 is 10.6 Å². The Hall–Kier alpha value is -1.76. The largest absolute Gasteiger partial charge is 0.377 e. The van der Waals surface area contributed by atoms with Crippen molar-refractivity contribution < 1.29 is 4.74 Å². The number of aromatic nitrogens is 2. The van der Waals surface area contributed by atoms with Gasteiger partial charge in [0.25, 0.3) is 0 Å². The lowest BCUT2D eigenvalue weighted by Gasteiger charge is -2.30. The molecule has 6 nitrogen and oxygen atoms in total. The number of para-hydroxylation sites is 1. The van der Waals surface area contributed by atoms with Crippen LogP contribution in [-0.4, -0.2) is 60.7 Å². The van der Waals surface area contributed by atoms with Crippen LogP contribution in [0.2, 0.25) is 0 Å². The van der Waals surface area contributed by atoms with E-state index >= 15 is 0 Å². The van der Waals surface area contributed by atoms with Crippen molar-refractivity contribution in [3.63, 3.8) is 0 Å². The quantitative estimate of drug-likeness (QED) is 0.842. The fourth-order valence-electron chi connectivity index (χ4n) is 3.21. The van der Waals surface area contributed by atoms with Gasteiger partial charge >= 0.3 is 0 Å². The first-order chi connectivity index (χ1) is 11.7. The van der Waals surface area contributed by atoms with Gasteiger partial charge in [-0.25, -0.2) is 9.97 Å². The molecule has 0 aliphatic carbocycles. The molecule has 0 amide bonds. The summed E-state index contributed by atoms with van der Waals surface area (Å²) in [4.78, 5) is 11.8. The van der Waals surface area contributed by atoms with Gasteiger partial charge in [-0.1, -0.05) is 12.1 Å². The van der Waals surface area contributed by atoms with Crippen LogP contribution in [0.4, 0.5) is 5.82 Å². The Labute approximate surface area is 143 Å². The number of benzene rings is 1. The molecular weight excluding hydrogens is 302 g/mol. The first-order valence-corrected chi connectivity index (χ1v) is 8.62. The highest BCUT2D eigenvalue weighted by Crippen LogP contribution is 2.24. The maximum atomic E-state index is 5.23. The van der Waals surface area contributed by atoms with Crippen molar-refractivity contribution in [1.29, 1.82) is 0 Å². The number of hydrogen-bond donors (Lipinski definition) is 2. The molecule has 6 heteroatoms. The monoisotopic (exact) mass is 329 g/mol. The zero-order chi connectivity index (χ0) is 16.9. The third-order valence-corrected chi connectivity index (χ3v) is 4.37. The van der Waals surface area contributed by atoms with E-state index in [1.165, 1.54) is 0 Å². The van der Waals surface area contributed by atoms with Gasteiger partial charge in [0.05, 0.1) is 5.52 Å². The van der Waals surface area contributed by atoms with Gasteiger partial charge in [0.1, 0.15) is 12.4 Å². The number of anilines is 1. The SMILES string of the molecule is COCc1nc(N[C@@H](C)CN2CCNCC2)c2cccc(C)c2n1. The predicted molar refractivity (Wildman–Crippen MR) is 97.4 cm³/mol. The maximum Gasteiger partial charge on any atom is 0.157 e. The van der Waals surface area contributed by atoms with Crippen molar-refractivity contribution in [1.82, 2.24) is 20.2 Å². The summed E-state index contributed by atoms with van der Waals surface area (Å²) in [5.74, 6) is 1.62. The van der Waals surface area contributed by atoms with E-state index in [1.54, 1.807) is 7.11 Å². The Balaban J connectivity index is 1.82. The number of piperazine rings is 1. The molecule has 1 aliphatic heterocycles. The van der Waals surface area contributed by atoms with Gasteiger partial charge < -0.3 is 15.4 Å². The van der Waals surface area contributed by atoms with E-state index in [0.717, 1.165) is 60.8 Å². The number of fused-ring (bicyclic) bond motifs is 1. The molecule has 1 aromatic heterocycles. The maximum absolute atomic E-state index is 5.23. The third kappa shape index (κ3) is 4.01. The Kier molecular flexibility index (Phi) is 5.60. The summed E-state index contributed by atoms with van der Waals surface area (Å²) in [6, 6.07) is 6.54. The van der Waals surface area contributed by atoms with Crippen LogP contribution in [0.25, 0.3) is 10.9 Å². The number of nitrogens with one attached hydrogen (secondary N) is 2. The molecule has 1 atom stereocenters. The summed E-state index contributed by atoms with van der Waals surface area (Å²) in [5, 5.41) is 8.05. The summed E-state index contributed by atoms with van der Waals surface area (Å²) in [6.07, 6.45) is 0. The van der Waals surface area contributed by atoms with Crippen molar-refractivity contribution in [3.8, 4) is 0 Å². The van der Waals surface area contributed by atoms with Gasteiger partial charge in [-0.3, -0.25) is 4.90 Å². The van der Waals surface area contributed by atoms with Gasteiger partial charge in [-0.15, -0.1) is 0 Å². The fourth-order valence-corrected chi connectivity index (χ4v) is 3.21. The van der Waals surface area contributed by atoms with Crippen LogP contribution >= 0.6 is 0 Å². The van der Waals surface area contributed by atoms with Crippen molar-refractivity contribution in [3.05, 3.63) is 29.6 Å². The summed E-state index contributed by atoms with van der Waals surface area (Å²) in [6.45, 7) is 10.1. The van der Waals surface area contributed by atoms with Crippen LogP contribution in [0, 0.1) is 6.92 Å². The molecule has 0 unspecified atom stereocenters. The second-order valence-electron chi connectivity index (χ2n) is 6.49. The zero-order valence-electron chi connectivity index (χ0n) is 14.8. The minimum atomic E-state index is 0.317. The van der Waals surface area contributed by atoms with E-state index in [-0.39, 0.29) is 0 Å². The molecule has 0 bridgehead atoms. The van der Waals surface area contributed by atoms with Gasteiger partial charge in [0.2, 0.25) is 0 Å². The highest BCUT2D eigenvalue weighted by Gasteiger charge is 2.15. The molecule has 1 fully saturated rings. The highest BCUT2D eigenvalue weighted by atomic mass is 16.5. The Morgan fingerprint density at radius 1 is 1.29 bits per heavy atom. The number of hydrogen-bond acceptors (Lipinski definition) is 6. The topological polar surface area (TPSA) is 62.3 Å². The third-order valence-electron chi connectivity index (χ3n) is 4.37. The van der Waals surface area contributed by atoms with E-state index in [1.807, 2.05) is 0 Å². The normalized spacial score (nSPS) is 17.1. The summed E-state index contributed by atoms with van der Waals surface area (Å²) in [5.41, 5.74) is 2.15. The van der Waals surface area contributed by atoms with Crippen LogP contribution in [0.3, 0.4) is 0 Å². The summed E-state index contributed by atoms with van der Waals surface area (Å²) >= 11 is 0. The smallest absolute Gasteiger partial charge is 0.157 e. The second kappa shape index (κ2) is 7.88. The van der Waals surface area contributed by atoms with E-state index in [0.29, 0.717) is 12.6 Å². The van der Waals surface area contributed by atoms with Crippen LogP contribution in [0.5, 0.6) is 0 Å². The zero-order valence-corrected chi connectivity index (χ0v) is 14.8. The van der Waals surface area contributed by atoms with Crippen molar-refractivity contribution in [2.24, 2.45) is 0 Å². The van der Waals surface area contributed by atoms with Crippen molar-refractivity contribution in [2.75, 3.05) is 45.2 Å². The average Bonchev–Trinajstić information content (AvgIpc) is 2.57. The molecule has 0 saturated carbocycles. The highest BCUT2D eigenvalue weighted by molar-refractivity contribution is 5.91. The first-order valence-electron chi connectivity index (χ1n) is 8.62. The van der Waals surface area contributed by atoms with Gasteiger partial charge in [0.15, 0.2) is 5.82 Å². The molecule has 24 heavy (non-hydrogen) atoms. The van der Waals surface area contributed by atoms with E-state index in [2.05, 4.69) is 57.5 Å². The number of nitrogens with zero attached hydrogens (tertiary/aromatic N) is 3. The number of methoxy groups -OCH3 is 1. The lowest BCUT2D eigenvalue weighted by molar-refractivity contribution is 0.178. The molecule has 2 N–H and O–H groups in total. The average molecular weight is 329 g/mol. The number of ether oxygens (including phenoxy) is 1. The fraction of sp³-hybridized carbons (Fsp3) is 0.556. The molecule has 0 radical (unpaired) electrons. The molecule has 1 saturated heterocycles. The molecule has 130 valence electrons. The molecule has 1 aliphatic rings. The van der Waals surface area contributed by atoms with Crippen LogP contribution in [0.15, 0.2) is 18.2 Å². The lowest BCUT2D eigenvalue weighted by Crippen LogP contribution is -2.47. The molecular formula is C18H27N5O. The summed E-state index contributed by atoms with van der Waals surface area (Å²) < 4.78 is 5.23. The first kappa shape index (κ1) is 17.1. The summed E-state index contributed by atoms with van der Waals surface area (Å²) in [7, 11) is 1.67. The van der Waals surface area contributed by atoms with E-state index in [9.17, 15) is 0 Å². The number of rotatable bonds is 6. The van der Waals surface area contributed by atoms with E-state index < -0.39 is 0 Å². The van der Waals surface area contributed by atoms with Crippen molar-refractivity contribution in [2.45, 2.75) is 26.5 Å². The van der Waals surface area contributed by atoms with E-state index in [4.69, 9.17) is 4.74 Å². The number of aryl methyl sites for hydroxylation is 1. The molecule has 0 spiro atoms. The Morgan fingerprint density at radius 3 is 2.83 bits per heavy atom. The molecule has 1 aromatic carbocycles. The van der Waals surface area contributed by atoms with Gasteiger partial charge in [-0.2, -0.15) is 0 Å². The second-order valence-corrected chi connectivity index (χ2v) is 6.49. The van der Waals surface area contributed by atoms with Crippen LogP contribution in [0.1, 0.15) is 18.3 Å². The Morgan fingerprint density at radius 2 is 2.08 bits per heavy atom. The minimum Gasteiger partial charge on any atom is -0.377 e. The van der Waals surface area contributed by atoms with Gasteiger partial charge in [-0.05, 0) is 25.5 Å². The molecule has 2 aromatic rings. The Bertz CT molecular complexity index is 684. The molecule has 3 rings (SSSR count). The van der Waals surface area contributed by atoms with Crippen molar-refractivity contribution >= 4 is 16.7 Å².